The van der Waals surface area contributed by atoms with Crippen molar-refractivity contribution >= 4 is 15.7 Å². The molecule has 1 N–H and O–H groups in total. The van der Waals surface area contributed by atoms with Gasteiger partial charge in [0, 0.05) is 18.2 Å². The summed E-state index contributed by atoms with van der Waals surface area (Å²) >= 11 is 0. The molecule has 1 aliphatic rings. The lowest BCUT2D eigenvalue weighted by Gasteiger charge is -2.13. The second-order valence-corrected chi connectivity index (χ2v) is 7.88. The molecule has 1 fully saturated rings. The van der Waals surface area contributed by atoms with Crippen molar-refractivity contribution in [3.63, 3.8) is 0 Å². The zero-order valence-electron chi connectivity index (χ0n) is 12.0. The molecular formula is C14H16F3NO3S. The van der Waals surface area contributed by atoms with Gasteiger partial charge in [0.25, 0.3) is 0 Å². The standard InChI is InChI=1S/C14H16F3NO3S/c1-8(22(2,20)21)13(19)18-12-7-10(12)9-5-3-4-6-11(9)14(15,16)17/h3-6,8,10,12H,7H2,1-2H3,(H,18,19)/t8-,10+,12-/m1/s1. The normalized spacial score (nSPS) is 23.0. The first-order valence-corrected chi connectivity index (χ1v) is 8.62. The Morgan fingerprint density at radius 1 is 1.32 bits per heavy atom. The Morgan fingerprint density at radius 2 is 1.91 bits per heavy atom. The lowest BCUT2D eigenvalue weighted by Crippen LogP contribution is -2.39. The summed E-state index contributed by atoms with van der Waals surface area (Å²) in [5.41, 5.74) is -0.583. The molecule has 0 saturated heterocycles. The fraction of sp³-hybridized carbons (Fsp3) is 0.500. The van der Waals surface area contributed by atoms with E-state index in [2.05, 4.69) is 5.32 Å². The second-order valence-electron chi connectivity index (χ2n) is 5.51. The predicted molar refractivity (Wildman–Crippen MR) is 75.0 cm³/mol. The monoisotopic (exact) mass is 335 g/mol. The van der Waals surface area contributed by atoms with Gasteiger partial charge in [-0.3, -0.25) is 4.79 Å². The molecule has 0 spiro atoms. The molecule has 1 aromatic carbocycles. The smallest absolute Gasteiger partial charge is 0.352 e. The number of rotatable bonds is 4. The molecular weight excluding hydrogens is 319 g/mol. The van der Waals surface area contributed by atoms with Gasteiger partial charge in [-0.05, 0) is 25.0 Å². The first-order valence-electron chi connectivity index (χ1n) is 6.67. The summed E-state index contributed by atoms with van der Waals surface area (Å²) < 4.78 is 61.4. The molecule has 0 aliphatic heterocycles. The molecule has 1 saturated carbocycles. The van der Waals surface area contributed by atoms with Crippen molar-refractivity contribution in [2.45, 2.75) is 36.7 Å². The highest BCUT2D eigenvalue weighted by atomic mass is 32.2. The van der Waals surface area contributed by atoms with Crippen molar-refractivity contribution in [3.8, 4) is 0 Å². The number of alkyl halides is 3. The van der Waals surface area contributed by atoms with Crippen molar-refractivity contribution in [1.82, 2.24) is 5.32 Å². The molecule has 1 amide bonds. The van der Waals surface area contributed by atoms with Crippen LogP contribution in [-0.4, -0.2) is 31.9 Å². The number of halogens is 3. The van der Waals surface area contributed by atoms with Gasteiger partial charge in [-0.15, -0.1) is 0 Å². The Balaban J connectivity index is 2.10. The van der Waals surface area contributed by atoms with Crippen LogP contribution in [0.4, 0.5) is 13.2 Å². The summed E-state index contributed by atoms with van der Waals surface area (Å²) in [5, 5.41) is 1.29. The molecule has 1 aromatic rings. The van der Waals surface area contributed by atoms with Gasteiger partial charge in [0.2, 0.25) is 5.91 Å². The first kappa shape index (κ1) is 16.8. The van der Waals surface area contributed by atoms with Crippen molar-refractivity contribution in [2.75, 3.05) is 6.26 Å². The average Bonchev–Trinajstić information content (AvgIpc) is 3.14. The summed E-state index contributed by atoms with van der Waals surface area (Å²) in [4.78, 5) is 11.8. The number of amides is 1. The quantitative estimate of drug-likeness (QED) is 0.917. The van der Waals surface area contributed by atoms with E-state index in [4.69, 9.17) is 0 Å². The zero-order valence-corrected chi connectivity index (χ0v) is 12.8. The highest BCUT2D eigenvalue weighted by Crippen LogP contribution is 2.46. The number of hydrogen-bond acceptors (Lipinski definition) is 3. The molecule has 8 heteroatoms. The predicted octanol–water partition coefficient (Wildman–Crippen LogP) is 2.11. The number of hydrogen-bond donors (Lipinski definition) is 1. The third-order valence-electron chi connectivity index (χ3n) is 3.80. The Labute approximate surface area is 126 Å². The van der Waals surface area contributed by atoms with E-state index in [9.17, 15) is 26.4 Å². The van der Waals surface area contributed by atoms with E-state index in [1.54, 1.807) is 0 Å². The Hall–Kier alpha value is -1.57. The summed E-state index contributed by atoms with van der Waals surface area (Å²) in [6.45, 7) is 1.26. The Bertz CT molecular complexity index is 685. The molecule has 0 heterocycles. The van der Waals surface area contributed by atoms with Crippen LogP contribution in [0.5, 0.6) is 0 Å². The van der Waals surface area contributed by atoms with E-state index in [0.29, 0.717) is 6.42 Å². The summed E-state index contributed by atoms with van der Waals surface area (Å²) in [6.07, 6.45) is -3.14. The number of benzene rings is 1. The van der Waals surface area contributed by atoms with E-state index in [-0.39, 0.29) is 5.56 Å². The fourth-order valence-corrected chi connectivity index (χ4v) is 2.73. The van der Waals surface area contributed by atoms with E-state index < -0.39 is 44.7 Å². The van der Waals surface area contributed by atoms with Crippen LogP contribution in [0.25, 0.3) is 0 Å². The minimum Gasteiger partial charge on any atom is -0.352 e. The minimum atomic E-state index is -4.45. The van der Waals surface area contributed by atoms with Crippen LogP contribution in [0.1, 0.15) is 30.4 Å². The molecule has 1 aliphatic carbocycles. The Kier molecular flexibility index (Phi) is 4.25. The molecule has 3 atom stereocenters. The van der Waals surface area contributed by atoms with Gasteiger partial charge in [0.1, 0.15) is 5.25 Å². The number of carbonyl (C=O) groups is 1. The number of carbonyl (C=O) groups excluding carboxylic acids is 1. The summed E-state index contributed by atoms with van der Waals surface area (Å²) in [5.74, 6) is -1.12. The van der Waals surface area contributed by atoms with E-state index >= 15 is 0 Å². The first-order chi connectivity index (χ1) is 10.0. The van der Waals surface area contributed by atoms with Gasteiger partial charge in [-0.25, -0.2) is 8.42 Å². The van der Waals surface area contributed by atoms with Crippen LogP contribution >= 0.6 is 0 Å². The summed E-state index contributed by atoms with van der Waals surface area (Å²) in [7, 11) is -3.53. The van der Waals surface area contributed by atoms with Crippen LogP contribution in [0.15, 0.2) is 24.3 Å². The van der Waals surface area contributed by atoms with Crippen molar-refractivity contribution in [2.24, 2.45) is 0 Å². The maximum absolute atomic E-state index is 12.9. The molecule has 0 bridgehead atoms. The maximum atomic E-state index is 12.9. The van der Waals surface area contributed by atoms with Crippen molar-refractivity contribution in [3.05, 3.63) is 35.4 Å². The maximum Gasteiger partial charge on any atom is 0.416 e. The Morgan fingerprint density at radius 3 is 2.45 bits per heavy atom. The van der Waals surface area contributed by atoms with Crippen LogP contribution in [0, 0.1) is 0 Å². The van der Waals surface area contributed by atoms with Crippen LogP contribution in [0.3, 0.4) is 0 Å². The number of sulfone groups is 1. The summed E-state index contributed by atoms with van der Waals surface area (Å²) in [6, 6.07) is 4.76. The lowest BCUT2D eigenvalue weighted by molar-refractivity contribution is -0.138. The molecule has 0 radical (unpaired) electrons. The third kappa shape index (κ3) is 3.60. The molecule has 2 rings (SSSR count). The molecule has 122 valence electrons. The largest absolute Gasteiger partial charge is 0.416 e. The fourth-order valence-electron chi connectivity index (χ4n) is 2.27. The van der Waals surface area contributed by atoms with E-state index in [0.717, 1.165) is 12.3 Å². The highest BCUT2D eigenvalue weighted by Gasteiger charge is 2.45. The van der Waals surface area contributed by atoms with Crippen LogP contribution in [-0.2, 0) is 20.8 Å². The second kappa shape index (κ2) is 5.57. The molecule has 0 unspecified atom stereocenters. The van der Waals surface area contributed by atoms with Crippen LogP contribution in [0.2, 0.25) is 0 Å². The van der Waals surface area contributed by atoms with Crippen molar-refractivity contribution in [1.29, 1.82) is 0 Å². The van der Waals surface area contributed by atoms with E-state index in [1.165, 1.54) is 25.1 Å². The average molecular weight is 335 g/mol. The SMILES string of the molecule is C[C@H](C(=O)N[C@@H]1C[C@H]1c1ccccc1C(F)(F)F)S(C)(=O)=O. The van der Waals surface area contributed by atoms with Gasteiger partial charge in [-0.2, -0.15) is 13.2 Å². The van der Waals surface area contributed by atoms with Gasteiger partial charge in [0.15, 0.2) is 9.84 Å². The number of nitrogens with one attached hydrogen (secondary N) is 1. The third-order valence-corrected chi connectivity index (χ3v) is 5.29. The molecule has 4 nitrogen and oxygen atoms in total. The van der Waals surface area contributed by atoms with Crippen LogP contribution < -0.4 is 5.32 Å². The van der Waals surface area contributed by atoms with Gasteiger partial charge >= 0.3 is 6.18 Å². The minimum absolute atomic E-state index is 0.132. The van der Waals surface area contributed by atoms with Gasteiger partial charge in [-0.1, -0.05) is 18.2 Å². The molecule has 22 heavy (non-hydrogen) atoms. The van der Waals surface area contributed by atoms with Gasteiger partial charge < -0.3 is 5.32 Å². The topological polar surface area (TPSA) is 63.2 Å². The van der Waals surface area contributed by atoms with Crippen molar-refractivity contribution < 1.29 is 26.4 Å². The highest BCUT2D eigenvalue weighted by molar-refractivity contribution is 7.92. The van der Waals surface area contributed by atoms with Gasteiger partial charge in [0.05, 0.1) is 5.56 Å². The molecule has 0 aromatic heterocycles. The van der Waals surface area contributed by atoms with E-state index in [1.807, 2.05) is 0 Å². The zero-order chi connectivity index (χ0) is 16.7. The lowest BCUT2D eigenvalue weighted by atomic mass is 10.0.